The molecule has 1 N–H and O–H groups in total. The van der Waals surface area contributed by atoms with E-state index in [1.807, 2.05) is 18.2 Å². The Hall–Kier alpha value is -2.75. The number of ether oxygens (including phenoxy) is 1. The number of methoxy groups -OCH3 is 1. The van der Waals surface area contributed by atoms with E-state index in [1.54, 1.807) is 7.11 Å². The molecule has 4 rings (SSSR count). The summed E-state index contributed by atoms with van der Waals surface area (Å²) in [6, 6.07) is 10.3. The van der Waals surface area contributed by atoms with Crippen LogP contribution in [0.15, 0.2) is 29.3 Å². The van der Waals surface area contributed by atoms with Crippen LogP contribution in [-0.2, 0) is 4.79 Å². The van der Waals surface area contributed by atoms with Crippen molar-refractivity contribution in [2.24, 2.45) is 16.8 Å². The van der Waals surface area contributed by atoms with Crippen LogP contribution >= 0.6 is 0 Å². The Morgan fingerprint density at radius 2 is 1.83 bits per heavy atom. The highest BCUT2D eigenvalue weighted by Gasteiger charge is 2.49. The predicted octanol–water partition coefficient (Wildman–Crippen LogP) is 2.39. The first kappa shape index (κ1) is 19.6. The van der Waals surface area contributed by atoms with Crippen molar-refractivity contribution in [2.45, 2.75) is 38.1 Å². The highest BCUT2D eigenvalue weighted by molar-refractivity contribution is 6.02. The van der Waals surface area contributed by atoms with E-state index in [1.165, 1.54) is 0 Å². The Kier molecular flexibility index (Phi) is 5.35. The number of nitrogens with zero attached hydrogens (tertiary/aromatic N) is 4. The topological polar surface area (TPSA) is 81.0 Å². The molecule has 29 heavy (non-hydrogen) atoms. The Bertz CT molecular complexity index is 830. The molecule has 1 saturated heterocycles. The minimum Gasteiger partial charge on any atom is -0.495 e. The summed E-state index contributed by atoms with van der Waals surface area (Å²) in [6.07, 6.45) is 3.66. The van der Waals surface area contributed by atoms with Gasteiger partial charge in [0.15, 0.2) is 5.92 Å². The first-order valence-electron chi connectivity index (χ1n) is 10.5. The molecule has 1 saturated carbocycles. The Morgan fingerprint density at radius 1 is 1.17 bits per heavy atom. The lowest BCUT2D eigenvalue weighted by atomic mass is 9.70. The first-order chi connectivity index (χ1) is 14.1. The minimum atomic E-state index is -0.686. The van der Waals surface area contributed by atoms with E-state index in [0.717, 1.165) is 63.3 Å². The number of rotatable bonds is 2. The van der Waals surface area contributed by atoms with Gasteiger partial charge in [-0.05, 0) is 43.7 Å². The van der Waals surface area contributed by atoms with Crippen molar-refractivity contribution in [3.8, 4) is 11.8 Å². The van der Waals surface area contributed by atoms with Crippen LogP contribution in [0.3, 0.4) is 0 Å². The molecule has 7 nitrogen and oxygen atoms in total. The van der Waals surface area contributed by atoms with Crippen molar-refractivity contribution in [3.63, 3.8) is 0 Å². The van der Waals surface area contributed by atoms with Gasteiger partial charge in [-0.1, -0.05) is 19.1 Å². The van der Waals surface area contributed by atoms with Crippen LogP contribution < -0.4 is 15.0 Å². The number of benzene rings is 1. The third-order valence-electron chi connectivity index (χ3n) is 6.64. The lowest BCUT2D eigenvalue weighted by molar-refractivity contribution is -0.125. The number of guanidine groups is 1. The van der Waals surface area contributed by atoms with Crippen LogP contribution in [0.2, 0.25) is 0 Å². The van der Waals surface area contributed by atoms with Gasteiger partial charge in [0.2, 0.25) is 11.9 Å². The van der Waals surface area contributed by atoms with E-state index in [-0.39, 0.29) is 5.91 Å². The lowest BCUT2D eigenvalue weighted by Gasteiger charge is -2.45. The van der Waals surface area contributed by atoms with Crippen LogP contribution in [-0.4, -0.2) is 55.6 Å². The maximum atomic E-state index is 12.7. The highest BCUT2D eigenvalue weighted by atomic mass is 16.5. The van der Waals surface area contributed by atoms with Gasteiger partial charge in [-0.15, -0.1) is 0 Å². The zero-order chi connectivity index (χ0) is 20.4. The summed E-state index contributed by atoms with van der Waals surface area (Å²) < 4.78 is 5.50. The summed E-state index contributed by atoms with van der Waals surface area (Å²) in [5.41, 5.74) is 0.533. The van der Waals surface area contributed by atoms with Crippen molar-refractivity contribution in [2.75, 3.05) is 38.2 Å². The molecule has 1 amide bonds. The van der Waals surface area contributed by atoms with Gasteiger partial charge in [0, 0.05) is 26.2 Å². The third-order valence-corrected chi connectivity index (χ3v) is 6.64. The molecule has 1 spiro atoms. The smallest absolute Gasteiger partial charge is 0.246 e. The number of nitrogens with one attached hydrogen (secondary N) is 1. The number of hydrogen-bond acceptors (Lipinski definition) is 6. The fraction of sp³-hybridized carbons (Fsp3) is 0.591. The van der Waals surface area contributed by atoms with E-state index in [4.69, 9.17) is 9.73 Å². The Labute approximate surface area is 172 Å². The Morgan fingerprint density at radius 3 is 2.48 bits per heavy atom. The number of carbonyl (C=O) groups is 1. The minimum absolute atomic E-state index is 0.195. The molecule has 1 aromatic carbocycles. The molecular weight excluding hydrogens is 366 g/mol. The highest BCUT2D eigenvalue weighted by Crippen LogP contribution is 2.42. The first-order valence-corrected chi connectivity index (χ1v) is 10.5. The van der Waals surface area contributed by atoms with E-state index in [9.17, 15) is 10.1 Å². The average Bonchev–Trinajstić information content (AvgIpc) is 2.76. The van der Waals surface area contributed by atoms with Crippen LogP contribution in [0.4, 0.5) is 5.69 Å². The summed E-state index contributed by atoms with van der Waals surface area (Å²) in [7, 11) is 1.69. The second-order valence-electron chi connectivity index (χ2n) is 8.42. The van der Waals surface area contributed by atoms with Crippen LogP contribution in [0, 0.1) is 23.2 Å². The number of carbonyl (C=O) groups excluding carboxylic acids is 1. The zero-order valence-corrected chi connectivity index (χ0v) is 17.2. The molecule has 7 heteroatoms. The molecule has 3 aliphatic rings. The largest absolute Gasteiger partial charge is 0.495 e. The predicted molar refractivity (Wildman–Crippen MR) is 112 cm³/mol. The monoisotopic (exact) mass is 395 g/mol. The number of aliphatic imine (C=N–C) groups is 1. The fourth-order valence-electron chi connectivity index (χ4n) is 4.77. The number of nitriles is 1. The summed E-state index contributed by atoms with van der Waals surface area (Å²) in [5, 5.41) is 12.6. The van der Waals surface area contributed by atoms with E-state index < -0.39 is 11.5 Å². The number of amides is 1. The van der Waals surface area contributed by atoms with E-state index in [0.29, 0.717) is 11.9 Å². The van der Waals surface area contributed by atoms with Gasteiger partial charge in [-0.3, -0.25) is 10.1 Å². The molecule has 0 radical (unpaired) electrons. The molecule has 0 unspecified atom stereocenters. The molecule has 2 heterocycles. The average molecular weight is 396 g/mol. The molecule has 0 aromatic heterocycles. The molecular formula is C22H29N5O2. The van der Waals surface area contributed by atoms with Crippen molar-refractivity contribution < 1.29 is 9.53 Å². The standard InChI is InChI=1S/C22H29N5O2/c1-16-7-9-22(10-8-16)17(15-23)20(28)24-21(25-22)27-13-11-26(12-14-27)18-5-3-4-6-19(18)29-2/h3-6,16-17H,7-14H2,1-2H3,(H,24,25,28)/t16?,17-,22?/m1/s1. The van der Waals surface area contributed by atoms with Crippen molar-refractivity contribution in [1.82, 2.24) is 10.2 Å². The third kappa shape index (κ3) is 3.64. The number of anilines is 1. The van der Waals surface area contributed by atoms with Crippen LogP contribution in [0.25, 0.3) is 0 Å². The van der Waals surface area contributed by atoms with Gasteiger partial charge in [-0.25, -0.2) is 4.99 Å². The van der Waals surface area contributed by atoms with Crippen LogP contribution in [0.1, 0.15) is 32.6 Å². The van der Waals surface area contributed by atoms with Gasteiger partial charge < -0.3 is 14.5 Å². The van der Waals surface area contributed by atoms with Crippen LogP contribution in [0.5, 0.6) is 5.75 Å². The van der Waals surface area contributed by atoms with Gasteiger partial charge >= 0.3 is 0 Å². The molecule has 2 aliphatic heterocycles. The van der Waals surface area contributed by atoms with Gasteiger partial charge in [0.05, 0.1) is 24.4 Å². The fourth-order valence-corrected chi connectivity index (χ4v) is 4.77. The lowest BCUT2D eigenvalue weighted by Crippen LogP contribution is -2.60. The van der Waals surface area contributed by atoms with Gasteiger partial charge in [0.25, 0.3) is 0 Å². The Balaban J connectivity index is 1.51. The molecule has 154 valence electrons. The SMILES string of the molecule is COc1ccccc1N1CCN(C2=NC3(CCC(C)CC3)[C@H](C#N)C(=O)N2)CC1. The molecule has 1 atom stereocenters. The summed E-state index contributed by atoms with van der Waals surface area (Å²) in [6.45, 7) is 5.41. The second kappa shape index (κ2) is 7.94. The van der Waals surface area contributed by atoms with E-state index >= 15 is 0 Å². The zero-order valence-electron chi connectivity index (χ0n) is 17.2. The molecule has 1 aliphatic carbocycles. The quantitative estimate of drug-likeness (QED) is 0.832. The normalized spacial score (nSPS) is 29.8. The van der Waals surface area contributed by atoms with Crippen molar-refractivity contribution in [1.29, 1.82) is 5.26 Å². The summed E-state index contributed by atoms with van der Waals surface area (Å²) in [4.78, 5) is 22.2. The number of piperazine rings is 1. The van der Waals surface area contributed by atoms with Gasteiger partial charge in [0.1, 0.15) is 5.75 Å². The van der Waals surface area contributed by atoms with E-state index in [2.05, 4.69) is 34.2 Å². The molecule has 1 aromatic rings. The summed E-state index contributed by atoms with van der Waals surface area (Å²) >= 11 is 0. The van der Waals surface area contributed by atoms with Crippen molar-refractivity contribution in [3.05, 3.63) is 24.3 Å². The maximum Gasteiger partial charge on any atom is 0.246 e. The molecule has 2 fully saturated rings. The molecule has 0 bridgehead atoms. The van der Waals surface area contributed by atoms with Crippen molar-refractivity contribution >= 4 is 17.6 Å². The second-order valence-corrected chi connectivity index (χ2v) is 8.42. The van der Waals surface area contributed by atoms with Gasteiger partial charge in [-0.2, -0.15) is 5.26 Å². The number of para-hydroxylation sites is 2. The maximum absolute atomic E-state index is 12.7. The summed E-state index contributed by atoms with van der Waals surface area (Å²) in [5.74, 6) is 1.27. The number of hydrogen-bond donors (Lipinski definition) is 1.